The standard InChI is InChI=1S/C13H13F2N3O3P2/c1-2-21-13(20)6-3-4-7(14)11(9(6)15)18(23)12(19)10-8(22)5-16-17-10/h3-5H,2,22-23H2,1H3,(H,16,17). The lowest BCUT2D eigenvalue weighted by molar-refractivity contribution is 0.0520. The predicted molar refractivity (Wildman–Crippen MR) is 86.8 cm³/mol. The maximum atomic E-state index is 14.5. The Bertz CT molecular complexity index is 767. The molecule has 6 nitrogen and oxygen atoms in total. The van der Waals surface area contributed by atoms with E-state index in [-0.39, 0.29) is 12.3 Å². The van der Waals surface area contributed by atoms with E-state index in [1.165, 1.54) is 6.20 Å². The number of nitrogens with zero attached hydrogens (tertiary/aromatic N) is 2. The third-order valence-corrected chi connectivity index (χ3v) is 3.83. The van der Waals surface area contributed by atoms with Crippen molar-refractivity contribution < 1.29 is 23.1 Å². The Morgan fingerprint density at radius 3 is 2.65 bits per heavy atom. The third kappa shape index (κ3) is 3.38. The average Bonchev–Trinajstić information content (AvgIpc) is 2.92. The van der Waals surface area contributed by atoms with E-state index in [1.54, 1.807) is 6.92 Å². The predicted octanol–water partition coefficient (Wildman–Crippen LogP) is 1.80. The summed E-state index contributed by atoms with van der Waals surface area (Å²) in [4.78, 5) is 24.0. The Hall–Kier alpha value is -1.91. The molecule has 0 bridgehead atoms. The van der Waals surface area contributed by atoms with E-state index in [0.29, 0.717) is 9.97 Å². The molecule has 2 unspecified atom stereocenters. The number of rotatable bonds is 4. The number of halogens is 2. The number of anilines is 1. The minimum atomic E-state index is -1.18. The van der Waals surface area contributed by atoms with Crippen LogP contribution in [0.4, 0.5) is 14.5 Å². The van der Waals surface area contributed by atoms with Crippen LogP contribution >= 0.6 is 18.6 Å². The molecule has 0 radical (unpaired) electrons. The fourth-order valence-corrected chi connectivity index (χ4v) is 2.45. The lowest BCUT2D eigenvalue weighted by atomic mass is 10.1. The number of amides is 1. The van der Waals surface area contributed by atoms with Gasteiger partial charge in [-0.15, -0.1) is 9.24 Å². The van der Waals surface area contributed by atoms with Crippen molar-refractivity contribution in [2.75, 3.05) is 11.3 Å². The highest BCUT2D eigenvalue weighted by Crippen LogP contribution is 2.30. The molecule has 2 atom stereocenters. The Balaban J connectivity index is 2.46. The fraction of sp³-hybridized carbons (Fsp3) is 0.154. The molecule has 0 spiro atoms. The van der Waals surface area contributed by atoms with Crippen LogP contribution in [0.2, 0.25) is 0 Å². The van der Waals surface area contributed by atoms with E-state index < -0.39 is 34.8 Å². The molecular weight excluding hydrogens is 346 g/mol. The van der Waals surface area contributed by atoms with Gasteiger partial charge in [-0.25, -0.2) is 13.6 Å². The van der Waals surface area contributed by atoms with Gasteiger partial charge in [0.2, 0.25) is 0 Å². The van der Waals surface area contributed by atoms with Gasteiger partial charge in [-0.3, -0.25) is 14.6 Å². The van der Waals surface area contributed by atoms with Crippen molar-refractivity contribution in [3.05, 3.63) is 41.2 Å². The summed E-state index contributed by atoms with van der Waals surface area (Å²) in [6, 6.07) is 1.86. The van der Waals surface area contributed by atoms with E-state index in [9.17, 15) is 18.4 Å². The number of aromatic amines is 1. The zero-order chi connectivity index (χ0) is 17.1. The first-order chi connectivity index (χ1) is 10.9. The lowest BCUT2D eigenvalue weighted by Crippen LogP contribution is -2.26. The van der Waals surface area contributed by atoms with Crippen molar-refractivity contribution in [2.24, 2.45) is 0 Å². The zero-order valence-electron chi connectivity index (χ0n) is 12.0. The first-order valence-electron chi connectivity index (χ1n) is 6.41. The van der Waals surface area contributed by atoms with Gasteiger partial charge in [-0.1, -0.05) is 0 Å². The number of ether oxygens (including phenoxy) is 1. The average molecular weight is 359 g/mol. The summed E-state index contributed by atoms with van der Waals surface area (Å²) in [6.07, 6.45) is 1.37. The highest BCUT2D eigenvalue weighted by atomic mass is 31.0. The Morgan fingerprint density at radius 1 is 1.39 bits per heavy atom. The van der Waals surface area contributed by atoms with Crippen LogP contribution in [0.1, 0.15) is 27.8 Å². The van der Waals surface area contributed by atoms with Crippen molar-refractivity contribution in [2.45, 2.75) is 6.92 Å². The number of esters is 1. The molecule has 0 saturated heterocycles. The Labute approximate surface area is 135 Å². The summed E-state index contributed by atoms with van der Waals surface area (Å²) in [7, 11) is 4.20. The molecule has 0 aliphatic carbocycles. The first-order valence-corrected chi connectivity index (χ1v) is 7.51. The molecule has 0 fully saturated rings. The molecule has 2 aromatic rings. The number of benzene rings is 1. The molecule has 1 amide bonds. The minimum absolute atomic E-state index is 0.0407. The van der Waals surface area contributed by atoms with Gasteiger partial charge in [-0.05, 0) is 28.4 Å². The van der Waals surface area contributed by atoms with Crippen LogP contribution in [-0.4, -0.2) is 28.7 Å². The monoisotopic (exact) mass is 359 g/mol. The number of carbonyl (C=O) groups is 2. The Kier molecular flexibility index (Phi) is 5.39. The van der Waals surface area contributed by atoms with E-state index in [4.69, 9.17) is 4.74 Å². The summed E-state index contributed by atoms with van der Waals surface area (Å²) < 4.78 is 33.9. The molecule has 1 N–H and O–H groups in total. The molecule has 1 heterocycles. The van der Waals surface area contributed by atoms with Crippen molar-refractivity contribution in [1.82, 2.24) is 10.2 Å². The van der Waals surface area contributed by atoms with Gasteiger partial charge in [0, 0.05) is 5.30 Å². The number of hydrogen-bond acceptors (Lipinski definition) is 4. The SMILES string of the molecule is CCOC(=O)c1ccc(F)c(N(P)C(=O)c2[nH]ncc2P)c1F. The highest BCUT2D eigenvalue weighted by molar-refractivity contribution is 7.28. The maximum absolute atomic E-state index is 14.5. The van der Waals surface area contributed by atoms with Crippen LogP contribution in [0.15, 0.2) is 18.3 Å². The second kappa shape index (κ2) is 7.11. The van der Waals surface area contributed by atoms with Crippen LogP contribution in [0.3, 0.4) is 0 Å². The number of carbonyl (C=O) groups excluding carboxylic acids is 2. The Morgan fingerprint density at radius 2 is 2.09 bits per heavy atom. The highest BCUT2D eigenvalue weighted by Gasteiger charge is 2.27. The van der Waals surface area contributed by atoms with Gasteiger partial charge < -0.3 is 4.74 Å². The van der Waals surface area contributed by atoms with Gasteiger partial charge in [0.15, 0.2) is 5.82 Å². The van der Waals surface area contributed by atoms with Gasteiger partial charge >= 0.3 is 5.97 Å². The van der Waals surface area contributed by atoms with E-state index in [0.717, 1.165) is 12.1 Å². The molecule has 0 saturated carbocycles. The molecule has 0 aliphatic heterocycles. The second-order valence-electron chi connectivity index (χ2n) is 4.35. The summed E-state index contributed by atoms with van der Waals surface area (Å²) in [5, 5.41) is 6.55. The summed E-state index contributed by atoms with van der Waals surface area (Å²) in [5.41, 5.74) is -1.09. The van der Waals surface area contributed by atoms with E-state index in [1.807, 2.05) is 9.39 Å². The van der Waals surface area contributed by atoms with E-state index in [2.05, 4.69) is 19.4 Å². The molecular formula is C13H13F2N3O3P2. The molecule has 1 aromatic carbocycles. The number of hydrogen-bond donors (Lipinski definition) is 1. The lowest BCUT2D eigenvalue weighted by Gasteiger charge is -2.19. The first kappa shape index (κ1) is 17.4. The van der Waals surface area contributed by atoms with Gasteiger partial charge in [0.25, 0.3) is 5.91 Å². The largest absolute Gasteiger partial charge is 0.462 e. The molecule has 23 heavy (non-hydrogen) atoms. The number of nitrogens with one attached hydrogen (secondary N) is 1. The number of H-pyrrole nitrogens is 1. The molecule has 0 aliphatic rings. The van der Waals surface area contributed by atoms with Gasteiger partial charge in [0.05, 0.1) is 18.4 Å². The fourth-order valence-electron chi connectivity index (χ4n) is 1.82. The van der Waals surface area contributed by atoms with Crippen LogP contribution < -0.4 is 9.97 Å². The molecule has 1 aromatic heterocycles. The summed E-state index contributed by atoms with van der Waals surface area (Å²) in [5.74, 6) is -3.86. The number of aromatic nitrogens is 2. The van der Waals surface area contributed by atoms with Gasteiger partial charge in [-0.2, -0.15) is 5.10 Å². The summed E-state index contributed by atoms with van der Waals surface area (Å²) in [6.45, 7) is 1.60. The van der Waals surface area contributed by atoms with Crippen LogP contribution in [-0.2, 0) is 4.74 Å². The van der Waals surface area contributed by atoms with Crippen molar-refractivity contribution in [1.29, 1.82) is 0 Å². The maximum Gasteiger partial charge on any atom is 0.341 e. The minimum Gasteiger partial charge on any atom is -0.462 e. The van der Waals surface area contributed by atoms with Gasteiger partial charge in [0.1, 0.15) is 17.2 Å². The van der Waals surface area contributed by atoms with Crippen molar-refractivity contribution >= 4 is 41.5 Å². The topological polar surface area (TPSA) is 75.3 Å². The molecule has 122 valence electrons. The van der Waals surface area contributed by atoms with Crippen molar-refractivity contribution in [3.8, 4) is 0 Å². The molecule has 2 rings (SSSR count). The summed E-state index contributed by atoms with van der Waals surface area (Å²) >= 11 is 0. The quantitative estimate of drug-likeness (QED) is 0.667. The second-order valence-corrected chi connectivity index (χ2v) is 5.49. The van der Waals surface area contributed by atoms with E-state index >= 15 is 0 Å². The van der Waals surface area contributed by atoms with Crippen LogP contribution in [0, 0.1) is 11.6 Å². The smallest absolute Gasteiger partial charge is 0.341 e. The van der Waals surface area contributed by atoms with Crippen molar-refractivity contribution in [3.63, 3.8) is 0 Å². The third-order valence-electron chi connectivity index (χ3n) is 2.90. The van der Waals surface area contributed by atoms with Crippen LogP contribution in [0.5, 0.6) is 0 Å². The molecule has 10 heteroatoms. The zero-order valence-corrected chi connectivity index (χ0v) is 14.3. The normalized spacial score (nSPS) is 10.5. The van der Waals surface area contributed by atoms with Crippen LogP contribution in [0.25, 0.3) is 0 Å².